The van der Waals surface area contributed by atoms with Crippen molar-refractivity contribution in [3.05, 3.63) is 0 Å². The summed E-state index contributed by atoms with van der Waals surface area (Å²) in [7, 11) is -2.94. The summed E-state index contributed by atoms with van der Waals surface area (Å²) in [6, 6.07) is 0.527. The monoisotopic (exact) mass is 433 g/mol. The van der Waals surface area contributed by atoms with Gasteiger partial charge < -0.3 is 15.4 Å². The van der Waals surface area contributed by atoms with Crippen LogP contribution < -0.4 is 10.6 Å². The van der Waals surface area contributed by atoms with Crippen molar-refractivity contribution >= 4 is 39.8 Å². The molecule has 0 aliphatic heterocycles. The van der Waals surface area contributed by atoms with Gasteiger partial charge in [-0.1, -0.05) is 12.8 Å². The second-order valence-electron chi connectivity index (χ2n) is 5.13. The molecule has 8 heteroatoms. The highest BCUT2D eigenvalue weighted by molar-refractivity contribution is 14.0. The summed E-state index contributed by atoms with van der Waals surface area (Å²) < 4.78 is 27.1. The largest absolute Gasteiger partial charge is 0.378 e. The van der Waals surface area contributed by atoms with E-state index in [0.29, 0.717) is 19.2 Å². The molecule has 0 atom stereocenters. The summed E-state index contributed by atoms with van der Waals surface area (Å²) in [5.74, 6) is 0.892. The quantitative estimate of drug-likeness (QED) is 0.260. The van der Waals surface area contributed by atoms with E-state index in [1.807, 2.05) is 6.92 Å². The van der Waals surface area contributed by atoms with Gasteiger partial charge in [0.1, 0.15) is 9.84 Å². The minimum Gasteiger partial charge on any atom is -0.378 e. The molecule has 0 amide bonds. The average Bonchev–Trinajstić information content (AvgIpc) is 2.85. The van der Waals surface area contributed by atoms with Crippen molar-refractivity contribution in [3.8, 4) is 0 Å². The van der Waals surface area contributed by atoms with E-state index in [1.165, 1.54) is 31.9 Å². The summed E-state index contributed by atoms with van der Waals surface area (Å²) in [5.41, 5.74) is 0. The molecular weight excluding hydrogens is 405 g/mol. The van der Waals surface area contributed by atoms with Crippen LogP contribution >= 0.6 is 24.0 Å². The number of hydrogen-bond donors (Lipinski definition) is 2. The van der Waals surface area contributed by atoms with Gasteiger partial charge >= 0.3 is 0 Å². The van der Waals surface area contributed by atoms with E-state index in [0.717, 1.165) is 12.5 Å². The van der Waals surface area contributed by atoms with E-state index in [9.17, 15) is 8.42 Å². The van der Waals surface area contributed by atoms with Gasteiger partial charge in [-0.2, -0.15) is 0 Å². The third-order valence-corrected chi connectivity index (χ3v) is 4.05. The lowest BCUT2D eigenvalue weighted by molar-refractivity contribution is 0.157. The molecule has 6 nitrogen and oxygen atoms in total. The second-order valence-corrected chi connectivity index (χ2v) is 7.39. The topological polar surface area (TPSA) is 79.8 Å². The number of sulfone groups is 1. The Hall–Kier alpha value is -0.0900. The average molecular weight is 433 g/mol. The normalized spacial score (nSPS) is 16.6. The Bertz CT molecular complexity index is 395. The Morgan fingerprint density at radius 1 is 1.29 bits per heavy atom. The molecule has 0 aromatic rings. The molecule has 21 heavy (non-hydrogen) atoms. The smallest absolute Gasteiger partial charge is 0.191 e. The minimum absolute atomic E-state index is 0. The van der Waals surface area contributed by atoms with Gasteiger partial charge in [0.2, 0.25) is 0 Å². The van der Waals surface area contributed by atoms with Crippen LogP contribution in [0.5, 0.6) is 0 Å². The van der Waals surface area contributed by atoms with E-state index < -0.39 is 9.84 Å². The van der Waals surface area contributed by atoms with Gasteiger partial charge in [-0.15, -0.1) is 24.0 Å². The maximum atomic E-state index is 10.9. The maximum Gasteiger partial charge on any atom is 0.191 e. The highest BCUT2D eigenvalue weighted by Crippen LogP contribution is 2.17. The molecular formula is C13H28IN3O3S. The number of aliphatic imine (C=N–C) groups is 1. The van der Waals surface area contributed by atoms with E-state index in [-0.39, 0.29) is 36.3 Å². The van der Waals surface area contributed by atoms with Crippen LogP contribution in [0.25, 0.3) is 0 Å². The number of ether oxygens (including phenoxy) is 1. The first-order chi connectivity index (χ1) is 9.51. The first-order valence-electron chi connectivity index (χ1n) is 7.31. The molecule has 0 aromatic carbocycles. The van der Waals surface area contributed by atoms with Crippen molar-refractivity contribution in [1.82, 2.24) is 10.6 Å². The third kappa shape index (κ3) is 11.2. The Balaban J connectivity index is 0.00000400. The zero-order chi connectivity index (χ0) is 14.8. The summed E-state index contributed by atoms with van der Waals surface area (Å²) in [6.07, 6.45) is 6.19. The second kappa shape index (κ2) is 11.5. The molecule has 0 radical (unpaired) electrons. The number of guanidine groups is 1. The molecule has 0 aromatic heterocycles. The molecule has 0 heterocycles. The molecule has 2 N–H and O–H groups in total. The fraction of sp³-hybridized carbons (Fsp3) is 0.923. The van der Waals surface area contributed by atoms with E-state index in [4.69, 9.17) is 4.74 Å². The van der Waals surface area contributed by atoms with Gasteiger partial charge in [-0.25, -0.2) is 8.42 Å². The zero-order valence-corrected chi connectivity index (χ0v) is 16.1. The Kier molecular flexibility index (Phi) is 11.4. The zero-order valence-electron chi connectivity index (χ0n) is 12.9. The Morgan fingerprint density at radius 2 is 1.95 bits per heavy atom. The first-order valence-corrected chi connectivity index (χ1v) is 9.37. The van der Waals surface area contributed by atoms with E-state index in [2.05, 4.69) is 15.6 Å². The molecule has 0 spiro atoms. The Labute approximate surface area is 145 Å². The van der Waals surface area contributed by atoms with Crippen molar-refractivity contribution in [2.24, 2.45) is 4.99 Å². The highest BCUT2D eigenvalue weighted by Gasteiger charge is 2.15. The van der Waals surface area contributed by atoms with Gasteiger partial charge in [0.15, 0.2) is 5.96 Å². The molecule has 1 fully saturated rings. The van der Waals surface area contributed by atoms with E-state index in [1.54, 1.807) is 0 Å². The molecule has 0 unspecified atom stereocenters. The summed E-state index contributed by atoms with van der Waals surface area (Å²) >= 11 is 0. The van der Waals surface area contributed by atoms with Crippen molar-refractivity contribution in [1.29, 1.82) is 0 Å². The van der Waals surface area contributed by atoms with Crippen LogP contribution in [-0.2, 0) is 14.6 Å². The predicted octanol–water partition coefficient (Wildman–Crippen LogP) is 1.16. The van der Waals surface area contributed by atoms with Crippen LogP contribution in [0, 0.1) is 0 Å². The summed E-state index contributed by atoms with van der Waals surface area (Å²) in [6.45, 7) is 4.07. The fourth-order valence-electron chi connectivity index (χ4n) is 2.12. The Morgan fingerprint density at radius 3 is 2.52 bits per heavy atom. The lowest BCUT2D eigenvalue weighted by Crippen LogP contribution is -2.42. The van der Waals surface area contributed by atoms with Crippen molar-refractivity contribution < 1.29 is 13.2 Å². The maximum absolute atomic E-state index is 10.9. The third-order valence-electron chi connectivity index (χ3n) is 3.14. The molecule has 0 saturated heterocycles. The predicted molar refractivity (Wildman–Crippen MR) is 97.3 cm³/mol. The number of nitrogens with zero attached hydrogens (tertiary/aromatic N) is 1. The number of halogens is 1. The number of rotatable bonds is 8. The lowest BCUT2D eigenvalue weighted by atomic mass is 10.2. The molecule has 0 bridgehead atoms. The minimum atomic E-state index is -2.94. The van der Waals surface area contributed by atoms with Gasteiger partial charge in [-0.3, -0.25) is 4.99 Å². The van der Waals surface area contributed by atoms with Crippen LogP contribution in [-0.4, -0.2) is 58.7 Å². The molecule has 1 rings (SSSR count). The van der Waals surface area contributed by atoms with E-state index >= 15 is 0 Å². The fourth-order valence-corrected chi connectivity index (χ4v) is 2.54. The van der Waals surface area contributed by atoms with Crippen molar-refractivity contribution in [2.45, 2.75) is 38.6 Å². The van der Waals surface area contributed by atoms with Gasteiger partial charge in [0.25, 0.3) is 0 Å². The summed E-state index contributed by atoms with van der Waals surface area (Å²) in [5, 5.41) is 6.63. The van der Waals surface area contributed by atoms with Crippen LogP contribution in [0.15, 0.2) is 4.99 Å². The lowest BCUT2D eigenvalue weighted by Gasteiger charge is -2.16. The van der Waals surface area contributed by atoms with Crippen molar-refractivity contribution in [3.63, 3.8) is 0 Å². The van der Waals surface area contributed by atoms with Crippen LogP contribution in [0.4, 0.5) is 0 Å². The molecule has 126 valence electrons. The van der Waals surface area contributed by atoms with Gasteiger partial charge in [0, 0.05) is 18.8 Å². The van der Waals surface area contributed by atoms with Gasteiger partial charge in [-0.05, 0) is 19.8 Å². The molecule has 1 aliphatic rings. The standard InChI is InChI=1S/C13H27N3O3S.HI/c1-3-14-13(16-12-6-4-5-7-12)15-8-9-19-10-11-20(2,17)18;/h12H,3-11H2,1-2H3,(H2,14,15,16);1H. The number of nitrogens with one attached hydrogen (secondary N) is 2. The summed E-state index contributed by atoms with van der Waals surface area (Å²) in [4.78, 5) is 4.43. The highest BCUT2D eigenvalue weighted by atomic mass is 127. The molecule has 1 aliphatic carbocycles. The SMILES string of the molecule is CCNC(=NCCOCCS(C)(=O)=O)NC1CCCC1.I. The van der Waals surface area contributed by atoms with Crippen LogP contribution in [0.3, 0.4) is 0 Å². The first kappa shape index (κ1) is 20.9. The van der Waals surface area contributed by atoms with Gasteiger partial charge in [0.05, 0.1) is 25.5 Å². The van der Waals surface area contributed by atoms with Crippen LogP contribution in [0.2, 0.25) is 0 Å². The van der Waals surface area contributed by atoms with Crippen LogP contribution in [0.1, 0.15) is 32.6 Å². The van der Waals surface area contributed by atoms with Crippen molar-refractivity contribution in [2.75, 3.05) is 38.3 Å². The number of hydrogen-bond acceptors (Lipinski definition) is 4. The molecule has 1 saturated carbocycles.